The molecule has 4 nitrogen and oxygen atoms in total. The standard InChI is InChI=1S/C11H15N3O/c1-8-3-2-4-10(5-8)13-11(15)14-6-9(12)7-14/h2-5,9H,6-7,12H2,1H3,(H,13,15). The minimum absolute atomic E-state index is 0.0673. The van der Waals surface area contributed by atoms with E-state index < -0.39 is 0 Å². The summed E-state index contributed by atoms with van der Waals surface area (Å²) < 4.78 is 0. The molecule has 3 N–H and O–H groups in total. The SMILES string of the molecule is Cc1cccc(NC(=O)N2CC(N)C2)c1. The number of hydrogen-bond acceptors (Lipinski definition) is 2. The number of anilines is 1. The van der Waals surface area contributed by atoms with Crippen LogP contribution in [0.25, 0.3) is 0 Å². The van der Waals surface area contributed by atoms with Crippen LogP contribution in [0.4, 0.5) is 10.5 Å². The van der Waals surface area contributed by atoms with Gasteiger partial charge in [0, 0.05) is 24.8 Å². The lowest BCUT2D eigenvalue weighted by molar-refractivity contribution is 0.165. The number of amides is 2. The average molecular weight is 205 g/mol. The van der Waals surface area contributed by atoms with Gasteiger partial charge in [-0.1, -0.05) is 12.1 Å². The van der Waals surface area contributed by atoms with Crippen LogP contribution >= 0.6 is 0 Å². The van der Waals surface area contributed by atoms with E-state index in [-0.39, 0.29) is 12.1 Å². The number of aryl methyl sites for hydroxylation is 1. The maximum atomic E-state index is 11.6. The summed E-state index contributed by atoms with van der Waals surface area (Å²) in [6.45, 7) is 3.30. The number of rotatable bonds is 1. The van der Waals surface area contributed by atoms with E-state index >= 15 is 0 Å². The molecule has 0 bridgehead atoms. The molecular formula is C11H15N3O. The molecule has 1 saturated heterocycles. The molecule has 2 amide bonds. The fourth-order valence-corrected chi connectivity index (χ4v) is 1.60. The second kappa shape index (κ2) is 3.90. The molecular weight excluding hydrogens is 190 g/mol. The molecule has 15 heavy (non-hydrogen) atoms. The maximum absolute atomic E-state index is 11.6. The number of nitrogens with zero attached hydrogens (tertiary/aromatic N) is 1. The number of likely N-dealkylation sites (tertiary alicyclic amines) is 1. The Labute approximate surface area is 89.1 Å². The number of carbonyl (C=O) groups is 1. The van der Waals surface area contributed by atoms with Crippen molar-refractivity contribution in [1.29, 1.82) is 0 Å². The zero-order chi connectivity index (χ0) is 10.8. The Morgan fingerprint density at radius 3 is 2.87 bits per heavy atom. The van der Waals surface area contributed by atoms with E-state index in [1.807, 2.05) is 31.2 Å². The van der Waals surface area contributed by atoms with Crippen LogP contribution in [-0.4, -0.2) is 30.1 Å². The summed E-state index contributed by atoms with van der Waals surface area (Å²) in [5.74, 6) is 0. The lowest BCUT2D eigenvalue weighted by Crippen LogP contribution is -2.58. The third kappa shape index (κ3) is 2.27. The number of nitrogens with two attached hydrogens (primary N) is 1. The quantitative estimate of drug-likeness (QED) is 0.723. The Morgan fingerprint density at radius 2 is 2.27 bits per heavy atom. The van der Waals surface area contributed by atoms with Crippen LogP contribution in [0.5, 0.6) is 0 Å². The molecule has 0 aliphatic carbocycles. The van der Waals surface area contributed by atoms with Crippen molar-refractivity contribution in [3.05, 3.63) is 29.8 Å². The Kier molecular flexibility index (Phi) is 2.60. The van der Waals surface area contributed by atoms with Crippen molar-refractivity contribution < 1.29 is 4.79 Å². The van der Waals surface area contributed by atoms with Gasteiger partial charge in [-0.05, 0) is 24.6 Å². The molecule has 1 aromatic rings. The van der Waals surface area contributed by atoms with Crippen molar-refractivity contribution in [3.63, 3.8) is 0 Å². The first-order chi connectivity index (χ1) is 7.15. The summed E-state index contributed by atoms with van der Waals surface area (Å²) in [5.41, 5.74) is 7.57. The highest BCUT2D eigenvalue weighted by molar-refractivity contribution is 5.90. The number of carbonyl (C=O) groups excluding carboxylic acids is 1. The van der Waals surface area contributed by atoms with Crippen LogP contribution in [0, 0.1) is 6.92 Å². The molecule has 1 fully saturated rings. The van der Waals surface area contributed by atoms with Gasteiger partial charge in [-0.3, -0.25) is 0 Å². The van der Waals surface area contributed by atoms with Crippen LogP contribution in [0.2, 0.25) is 0 Å². The zero-order valence-corrected chi connectivity index (χ0v) is 8.73. The molecule has 2 rings (SSSR count). The van der Waals surface area contributed by atoms with Crippen LogP contribution < -0.4 is 11.1 Å². The van der Waals surface area contributed by atoms with E-state index in [9.17, 15) is 4.79 Å². The third-order valence-corrected chi connectivity index (χ3v) is 2.47. The fourth-order valence-electron chi connectivity index (χ4n) is 1.60. The van der Waals surface area contributed by atoms with Gasteiger partial charge in [-0.15, -0.1) is 0 Å². The molecule has 0 unspecified atom stereocenters. The largest absolute Gasteiger partial charge is 0.325 e. The van der Waals surface area contributed by atoms with Crippen LogP contribution in [0.1, 0.15) is 5.56 Å². The van der Waals surface area contributed by atoms with Gasteiger partial charge in [-0.2, -0.15) is 0 Å². The monoisotopic (exact) mass is 205 g/mol. The van der Waals surface area contributed by atoms with Crippen molar-refractivity contribution in [2.45, 2.75) is 13.0 Å². The Balaban J connectivity index is 1.94. The minimum atomic E-state index is -0.0673. The zero-order valence-electron chi connectivity index (χ0n) is 8.73. The second-order valence-electron chi connectivity index (χ2n) is 3.96. The fraction of sp³-hybridized carbons (Fsp3) is 0.364. The molecule has 0 spiro atoms. The van der Waals surface area contributed by atoms with E-state index in [4.69, 9.17) is 5.73 Å². The van der Waals surface area contributed by atoms with Gasteiger partial charge in [-0.25, -0.2) is 4.79 Å². The summed E-state index contributed by atoms with van der Waals surface area (Å²) in [4.78, 5) is 13.3. The van der Waals surface area contributed by atoms with E-state index in [0.717, 1.165) is 11.3 Å². The number of benzene rings is 1. The van der Waals surface area contributed by atoms with E-state index in [1.54, 1.807) is 4.90 Å². The smallest absolute Gasteiger partial charge is 0.321 e. The summed E-state index contributed by atoms with van der Waals surface area (Å²) in [5, 5.41) is 2.84. The minimum Gasteiger partial charge on any atom is -0.325 e. The van der Waals surface area contributed by atoms with Gasteiger partial charge in [0.2, 0.25) is 0 Å². The lowest BCUT2D eigenvalue weighted by Gasteiger charge is -2.36. The van der Waals surface area contributed by atoms with Crippen molar-refractivity contribution in [1.82, 2.24) is 4.90 Å². The molecule has 80 valence electrons. The van der Waals surface area contributed by atoms with Gasteiger partial charge in [0.05, 0.1) is 0 Å². The van der Waals surface area contributed by atoms with Gasteiger partial charge < -0.3 is 16.0 Å². The number of nitrogens with one attached hydrogen (secondary N) is 1. The molecule has 1 aromatic carbocycles. The van der Waals surface area contributed by atoms with Crippen LogP contribution in [0.15, 0.2) is 24.3 Å². The first kappa shape index (κ1) is 9.98. The summed E-state index contributed by atoms with van der Waals surface area (Å²) in [6.07, 6.45) is 0. The average Bonchev–Trinajstić information content (AvgIpc) is 2.13. The predicted molar refractivity (Wildman–Crippen MR) is 59.7 cm³/mol. The predicted octanol–water partition coefficient (Wildman–Crippen LogP) is 1.17. The Hall–Kier alpha value is -1.55. The lowest BCUT2D eigenvalue weighted by atomic mass is 10.1. The maximum Gasteiger partial charge on any atom is 0.321 e. The van der Waals surface area contributed by atoms with Crippen molar-refractivity contribution >= 4 is 11.7 Å². The van der Waals surface area contributed by atoms with Gasteiger partial charge in [0.15, 0.2) is 0 Å². The van der Waals surface area contributed by atoms with Crippen molar-refractivity contribution in [2.75, 3.05) is 18.4 Å². The topological polar surface area (TPSA) is 58.4 Å². The highest BCUT2D eigenvalue weighted by Gasteiger charge is 2.27. The molecule has 1 heterocycles. The van der Waals surface area contributed by atoms with Crippen LogP contribution in [-0.2, 0) is 0 Å². The molecule has 4 heteroatoms. The first-order valence-electron chi connectivity index (χ1n) is 5.03. The Bertz CT molecular complexity index is 372. The van der Waals surface area contributed by atoms with Gasteiger partial charge >= 0.3 is 6.03 Å². The molecule has 0 radical (unpaired) electrons. The number of hydrogen-bond donors (Lipinski definition) is 2. The molecule has 0 atom stereocenters. The third-order valence-electron chi connectivity index (χ3n) is 2.47. The van der Waals surface area contributed by atoms with Crippen LogP contribution in [0.3, 0.4) is 0 Å². The molecule has 0 saturated carbocycles. The Morgan fingerprint density at radius 1 is 1.53 bits per heavy atom. The summed E-state index contributed by atoms with van der Waals surface area (Å²) in [6, 6.07) is 7.82. The second-order valence-corrected chi connectivity index (χ2v) is 3.96. The molecule has 1 aliphatic rings. The molecule has 1 aliphatic heterocycles. The van der Waals surface area contributed by atoms with E-state index in [0.29, 0.717) is 13.1 Å². The summed E-state index contributed by atoms with van der Waals surface area (Å²) >= 11 is 0. The normalized spacial score (nSPS) is 16.0. The first-order valence-corrected chi connectivity index (χ1v) is 5.03. The van der Waals surface area contributed by atoms with E-state index in [1.165, 1.54) is 0 Å². The summed E-state index contributed by atoms with van der Waals surface area (Å²) in [7, 11) is 0. The molecule has 0 aromatic heterocycles. The number of urea groups is 1. The van der Waals surface area contributed by atoms with E-state index in [2.05, 4.69) is 5.32 Å². The van der Waals surface area contributed by atoms with Gasteiger partial charge in [0.1, 0.15) is 0 Å². The highest BCUT2D eigenvalue weighted by atomic mass is 16.2. The highest BCUT2D eigenvalue weighted by Crippen LogP contribution is 2.12. The van der Waals surface area contributed by atoms with Gasteiger partial charge in [0.25, 0.3) is 0 Å². The van der Waals surface area contributed by atoms with Crippen molar-refractivity contribution in [3.8, 4) is 0 Å². The van der Waals surface area contributed by atoms with Crippen molar-refractivity contribution in [2.24, 2.45) is 5.73 Å².